The monoisotopic (exact) mass is 251 g/mol. The molecule has 1 amide bonds. The van der Waals surface area contributed by atoms with Crippen LogP contribution in [0.15, 0.2) is 0 Å². The van der Waals surface area contributed by atoms with E-state index in [0.29, 0.717) is 29.6 Å². The van der Waals surface area contributed by atoms with Crippen molar-refractivity contribution in [1.82, 2.24) is 4.90 Å². The van der Waals surface area contributed by atoms with Gasteiger partial charge < -0.3 is 4.90 Å². The van der Waals surface area contributed by atoms with Gasteiger partial charge in [0.15, 0.2) is 0 Å². The molecule has 0 unspecified atom stereocenters. The molecule has 0 aliphatic heterocycles. The molecule has 104 valence electrons. The molecule has 2 rings (SSSR count). The van der Waals surface area contributed by atoms with Gasteiger partial charge in [0.2, 0.25) is 5.91 Å². The average molecular weight is 251 g/mol. The smallest absolute Gasteiger partial charge is 0.225 e. The first-order chi connectivity index (χ1) is 8.47. The highest BCUT2D eigenvalue weighted by Crippen LogP contribution is 2.48. The van der Waals surface area contributed by atoms with Crippen LogP contribution in [0.3, 0.4) is 0 Å². The molecule has 0 N–H and O–H groups in total. The summed E-state index contributed by atoms with van der Waals surface area (Å²) in [5.41, 5.74) is 0. The maximum Gasteiger partial charge on any atom is 0.225 e. The van der Waals surface area contributed by atoms with E-state index in [1.165, 1.54) is 25.7 Å². The van der Waals surface area contributed by atoms with Crippen LogP contribution in [0.25, 0.3) is 0 Å². The Labute approximate surface area is 112 Å². The zero-order valence-electron chi connectivity index (χ0n) is 12.5. The van der Waals surface area contributed by atoms with Crippen molar-refractivity contribution >= 4 is 5.91 Å². The van der Waals surface area contributed by atoms with Crippen molar-refractivity contribution in [3.63, 3.8) is 0 Å². The molecule has 2 bridgehead atoms. The number of nitrogens with zero attached hydrogens (tertiary/aromatic N) is 1. The molecule has 18 heavy (non-hydrogen) atoms. The minimum Gasteiger partial charge on any atom is -0.342 e. The Balaban J connectivity index is 1.98. The first kappa shape index (κ1) is 13.9. The van der Waals surface area contributed by atoms with Crippen LogP contribution in [-0.2, 0) is 4.79 Å². The van der Waals surface area contributed by atoms with Gasteiger partial charge in [0.25, 0.3) is 0 Å². The van der Waals surface area contributed by atoms with Gasteiger partial charge in [-0.25, -0.2) is 0 Å². The van der Waals surface area contributed by atoms with Crippen molar-refractivity contribution in [2.45, 2.75) is 53.4 Å². The van der Waals surface area contributed by atoms with E-state index >= 15 is 0 Å². The quantitative estimate of drug-likeness (QED) is 0.731. The molecule has 0 saturated heterocycles. The van der Waals surface area contributed by atoms with Crippen LogP contribution in [0.4, 0.5) is 0 Å². The lowest BCUT2D eigenvalue weighted by atomic mass is 9.87. The van der Waals surface area contributed by atoms with Gasteiger partial charge in [-0.15, -0.1) is 0 Å². The summed E-state index contributed by atoms with van der Waals surface area (Å²) in [4.78, 5) is 14.9. The molecular formula is C16H29NO. The standard InChI is InChI=1S/C16H29NO/c1-11(2)9-17(10-12(3)4)16(18)15-8-13-5-6-14(15)7-13/h11-15H,5-10H2,1-4H3/t13-,14-,15-/m0/s1. The zero-order chi connectivity index (χ0) is 13.3. The van der Waals surface area contributed by atoms with E-state index in [0.717, 1.165) is 19.0 Å². The lowest BCUT2D eigenvalue weighted by Crippen LogP contribution is -2.42. The second-order valence-corrected chi connectivity index (χ2v) is 7.31. The lowest BCUT2D eigenvalue weighted by molar-refractivity contribution is -0.138. The predicted molar refractivity (Wildman–Crippen MR) is 75.2 cm³/mol. The zero-order valence-corrected chi connectivity index (χ0v) is 12.5. The number of carbonyl (C=O) groups excluding carboxylic acids is 1. The van der Waals surface area contributed by atoms with E-state index in [2.05, 4.69) is 32.6 Å². The summed E-state index contributed by atoms with van der Waals surface area (Å²) in [7, 11) is 0. The highest BCUT2D eigenvalue weighted by molar-refractivity contribution is 5.79. The summed E-state index contributed by atoms with van der Waals surface area (Å²) in [6.45, 7) is 10.7. The van der Waals surface area contributed by atoms with Crippen LogP contribution in [-0.4, -0.2) is 23.9 Å². The number of hydrogen-bond acceptors (Lipinski definition) is 1. The molecular weight excluding hydrogens is 222 g/mol. The normalized spacial score (nSPS) is 30.4. The van der Waals surface area contributed by atoms with Gasteiger partial charge in [-0.1, -0.05) is 34.1 Å². The Morgan fingerprint density at radius 3 is 2.06 bits per heavy atom. The Bertz CT molecular complexity index is 287. The second-order valence-electron chi connectivity index (χ2n) is 7.31. The number of carbonyl (C=O) groups is 1. The molecule has 0 heterocycles. The van der Waals surface area contributed by atoms with Crippen molar-refractivity contribution in [3.05, 3.63) is 0 Å². The Kier molecular flexibility index (Phi) is 4.34. The fourth-order valence-corrected chi connectivity index (χ4v) is 3.92. The minimum atomic E-state index is 0.362. The van der Waals surface area contributed by atoms with E-state index in [1.807, 2.05) is 0 Å². The average Bonchev–Trinajstić information content (AvgIpc) is 2.87. The van der Waals surface area contributed by atoms with E-state index < -0.39 is 0 Å². The van der Waals surface area contributed by atoms with Crippen molar-refractivity contribution in [2.24, 2.45) is 29.6 Å². The van der Waals surface area contributed by atoms with Gasteiger partial charge in [-0.05, 0) is 42.9 Å². The van der Waals surface area contributed by atoms with Gasteiger partial charge in [-0.2, -0.15) is 0 Å². The second kappa shape index (κ2) is 5.63. The number of rotatable bonds is 5. The van der Waals surface area contributed by atoms with E-state index in [1.54, 1.807) is 0 Å². The Morgan fingerprint density at radius 1 is 1.06 bits per heavy atom. The van der Waals surface area contributed by atoms with Crippen molar-refractivity contribution in [2.75, 3.05) is 13.1 Å². The van der Waals surface area contributed by atoms with Crippen molar-refractivity contribution in [3.8, 4) is 0 Å². The third-order valence-electron chi connectivity index (χ3n) is 4.54. The van der Waals surface area contributed by atoms with Crippen LogP contribution in [0, 0.1) is 29.6 Å². The Hall–Kier alpha value is -0.530. The molecule has 3 atom stereocenters. The predicted octanol–water partition coefficient (Wildman–Crippen LogP) is 3.56. The third kappa shape index (κ3) is 3.07. The van der Waals surface area contributed by atoms with Gasteiger partial charge in [-0.3, -0.25) is 4.79 Å². The third-order valence-corrected chi connectivity index (χ3v) is 4.54. The molecule has 0 spiro atoms. The molecule has 2 fully saturated rings. The molecule has 0 aromatic heterocycles. The van der Waals surface area contributed by atoms with Crippen molar-refractivity contribution in [1.29, 1.82) is 0 Å². The van der Waals surface area contributed by atoms with Crippen molar-refractivity contribution < 1.29 is 4.79 Å². The van der Waals surface area contributed by atoms with Gasteiger partial charge in [0.05, 0.1) is 0 Å². The fraction of sp³-hybridized carbons (Fsp3) is 0.938. The number of fused-ring (bicyclic) bond motifs is 2. The van der Waals surface area contributed by atoms with Crippen LogP contribution in [0.5, 0.6) is 0 Å². The lowest BCUT2D eigenvalue weighted by Gasteiger charge is -2.32. The number of hydrogen-bond donors (Lipinski definition) is 0. The molecule has 2 aliphatic carbocycles. The van der Waals surface area contributed by atoms with Crippen LogP contribution in [0.1, 0.15) is 53.4 Å². The topological polar surface area (TPSA) is 20.3 Å². The highest BCUT2D eigenvalue weighted by Gasteiger charge is 2.44. The summed E-state index contributed by atoms with van der Waals surface area (Å²) < 4.78 is 0. The summed E-state index contributed by atoms with van der Waals surface area (Å²) in [5.74, 6) is 3.55. The first-order valence-corrected chi connectivity index (χ1v) is 7.76. The summed E-state index contributed by atoms with van der Waals surface area (Å²) in [5, 5.41) is 0. The summed E-state index contributed by atoms with van der Waals surface area (Å²) in [6, 6.07) is 0. The molecule has 0 aromatic rings. The number of amides is 1. The maximum atomic E-state index is 12.7. The molecule has 2 saturated carbocycles. The molecule has 2 nitrogen and oxygen atoms in total. The fourth-order valence-electron chi connectivity index (χ4n) is 3.92. The molecule has 2 heteroatoms. The summed E-state index contributed by atoms with van der Waals surface area (Å²) >= 11 is 0. The van der Waals surface area contributed by atoms with Gasteiger partial charge >= 0.3 is 0 Å². The van der Waals surface area contributed by atoms with Crippen LogP contribution >= 0.6 is 0 Å². The first-order valence-electron chi connectivity index (χ1n) is 7.76. The molecule has 2 aliphatic rings. The maximum absolute atomic E-state index is 12.7. The van der Waals surface area contributed by atoms with Crippen LogP contribution in [0.2, 0.25) is 0 Å². The highest BCUT2D eigenvalue weighted by atomic mass is 16.2. The molecule has 0 radical (unpaired) electrons. The van der Waals surface area contributed by atoms with E-state index in [4.69, 9.17) is 0 Å². The van der Waals surface area contributed by atoms with Crippen LogP contribution < -0.4 is 0 Å². The molecule has 0 aromatic carbocycles. The SMILES string of the molecule is CC(C)CN(CC(C)C)C(=O)[C@H]1C[C@H]2CC[C@H]1C2. The van der Waals surface area contributed by atoms with Gasteiger partial charge in [0.1, 0.15) is 0 Å². The van der Waals surface area contributed by atoms with Gasteiger partial charge in [0, 0.05) is 19.0 Å². The van der Waals surface area contributed by atoms with E-state index in [9.17, 15) is 4.79 Å². The Morgan fingerprint density at radius 2 is 1.67 bits per heavy atom. The van der Waals surface area contributed by atoms with E-state index in [-0.39, 0.29) is 0 Å². The minimum absolute atomic E-state index is 0.362. The largest absolute Gasteiger partial charge is 0.342 e. The summed E-state index contributed by atoms with van der Waals surface area (Å²) in [6.07, 6.45) is 5.19.